The van der Waals surface area contributed by atoms with Crippen molar-refractivity contribution in [2.45, 2.75) is 32.5 Å². The summed E-state index contributed by atoms with van der Waals surface area (Å²) < 4.78 is 11.2. The fourth-order valence-corrected chi connectivity index (χ4v) is 3.07. The van der Waals surface area contributed by atoms with Crippen LogP contribution in [-0.2, 0) is 4.74 Å². The summed E-state index contributed by atoms with van der Waals surface area (Å²) in [6.45, 7) is 6.20. The van der Waals surface area contributed by atoms with Crippen LogP contribution >= 0.6 is 11.6 Å². The number of hydrogen-bond donors (Lipinski definition) is 1. The van der Waals surface area contributed by atoms with E-state index in [0.29, 0.717) is 29.4 Å². The van der Waals surface area contributed by atoms with Gasteiger partial charge in [-0.15, -0.1) is 0 Å². The van der Waals surface area contributed by atoms with Gasteiger partial charge in [-0.05, 0) is 50.6 Å². The summed E-state index contributed by atoms with van der Waals surface area (Å²) in [5.74, 6) is -0.633. The number of aromatic carboxylic acids is 1. The van der Waals surface area contributed by atoms with Gasteiger partial charge in [0.25, 0.3) is 0 Å². The first-order valence-corrected chi connectivity index (χ1v) is 9.28. The fourth-order valence-electron chi connectivity index (χ4n) is 2.82. The van der Waals surface area contributed by atoms with Crippen LogP contribution in [0.25, 0.3) is 11.1 Å². The summed E-state index contributed by atoms with van der Waals surface area (Å²) in [6.07, 6.45) is -0.612. The van der Waals surface area contributed by atoms with E-state index in [1.807, 2.05) is 39.0 Å². The Kier molecular flexibility index (Phi) is 5.52. The van der Waals surface area contributed by atoms with Gasteiger partial charge in [-0.2, -0.15) is 0 Å². The lowest BCUT2D eigenvalue weighted by molar-refractivity contribution is -0.0221. The topological polar surface area (TPSA) is 76.1 Å². The number of carboxylic acid groups (broad SMARTS) is 1. The summed E-state index contributed by atoms with van der Waals surface area (Å²) in [4.78, 5) is 25.1. The zero-order chi connectivity index (χ0) is 20.5. The van der Waals surface area contributed by atoms with Crippen molar-refractivity contribution in [3.63, 3.8) is 0 Å². The Labute approximate surface area is 168 Å². The first-order valence-electron chi connectivity index (χ1n) is 8.90. The average Bonchev–Trinajstić information content (AvgIpc) is 2.56. The molecule has 0 atom stereocenters. The van der Waals surface area contributed by atoms with Crippen LogP contribution in [0.5, 0.6) is 5.75 Å². The van der Waals surface area contributed by atoms with E-state index in [0.717, 1.165) is 5.56 Å². The Balaban J connectivity index is 1.74. The Morgan fingerprint density at radius 1 is 1.14 bits per heavy atom. The van der Waals surface area contributed by atoms with Gasteiger partial charge in [-0.3, -0.25) is 0 Å². The standard InChI is InChI=1S/C21H22ClNO5/c1-21(2,3)28-20(26)23-11-16(12-23)27-15-9-13(8-14(10-15)19(24)25)17-6-4-5-7-18(17)22/h4-10,16H,11-12H2,1-3H3,(H,24,25). The normalized spacial score (nSPS) is 14.4. The fraction of sp³-hybridized carbons (Fsp3) is 0.333. The molecule has 0 aliphatic carbocycles. The van der Waals surface area contributed by atoms with Crippen molar-refractivity contribution in [2.24, 2.45) is 0 Å². The van der Waals surface area contributed by atoms with Crippen molar-refractivity contribution in [2.75, 3.05) is 13.1 Å². The SMILES string of the molecule is CC(C)(C)OC(=O)N1CC(Oc2cc(C(=O)O)cc(-c3ccccc3Cl)c2)C1. The average molecular weight is 404 g/mol. The van der Waals surface area contributed by atoms with Crippen molar-refractivity contribution in [3.8, 4) is 16.9 Å². The lowest BCUT2D eigenvalue weighted by atomic mass is 10.0. The Bertz CT molecular complexity index is 900. The predicted octanol–water partition coefficient (Wildman–Crippen LogP) is 4.70. The summed E-state index contributed by atoms with van der Waals surface area (Å²) >= 11 is 6.25. The number of carboxylic acids is 1. The van der Waals surface area contributed by atoms with E-state index in [2.05, 4.69) is 0 Å². The van der Waals surface area contributed by atoms with Crippen LogP contribution in [0, 0.1) is 0 Å². The number of hydrogen-bond acceptors (Lipinski definition) is 4. The second-order valence-corrected chi connectivity index (χ2v) is 8.06. The van der Waals surface area contributed by atoms with Crippen molar-refractivity contribution in [1.82, 2.24) is 4.90 Å². The molecular weight excluding hydrogens is 382 g/mol. The molecule has 1 heterocycles. The number of halogens is 1. The van der Waals surface area contributed by atoms with E-state index in [1.54, 1.807) is 23.1 Å². The molecule has 1 fully saturated rings. The Morgan fingerprint density at radius 3 is 2.43 bits per heavy atom. The molecule has 1 saturated heterocycles. The molecule has 0 radical (unpaired) electrons. The van der Waals surface area contributed by atoms with Crippen LogP contribution in [0.3, 0.4) is 0 Å². The molecule has 148 valence electrons. The maximum absolute atomic E-state index is 12.0. The molecule has 6 nitrogen and oxygen atoms in total. The molecule has 1 N–H and O–H groups in total. The monoisotopic (exact) mass is 403 g/mol. The third-order valence-corrected chi connectivity index (χ3v) is 4.47. The molecule has 3 rings (SSSR count). The Morgan fingerprint density at radius 2 is 1.82 bits per heavy atom. The second kappa shape index (κ2) is 7.72. The minimum Gasteiger partial charge on any atom is -0.487 e. The van der Waals surface area contributed by atoms with E-state index >= 15 is 0 Å². The van der Waals surface area contributed by atoms with E-state index in [9.17, 15) is 14.7 Å². The summed E-state index contributed by atoms with van der Waals surface area (Å²) in [7, 11) is 0. The van der Waals surface area contributed by atoms with Crippen molar-refractivity contribution >= 4 is 23.7 Å². The third kappa shape index (κ3) is 4.75. The molecule has 0 bridgehead atoms. The van der Waals surface area contributed by atoms with Crippen LogP contribution in [0.2, 0.25) is 5.02 Å². The number of ether oxygens (including phenoxy) is 2. The first kappa shape index (κ1) is 20.0. The van der Waals surface area contributed by atoms with Crippen molar-refractivity contribution < 1.29 is 24.2 Å². The Hall–Kier alpha value is -2.73. The van der Waals surface area contributed by atoms with Crippen molar-refractivity contribution in [1.29, 1.82) is 0 Å². The molecule has 0 spiro atoms. The minimum atomic E-state index is -1.05. The molecule has 28 heavy (non-hydrogen) atoms. The van der Waals surface area contributed by atoms with Crippen LogP contribution in [0.4, 0.5) is 4.79 Å². The number of carbonyl (C=O) groups excluding carboxylic acids is 1. The third-order valence-electron chi connectivity index (χ3n) is 4.14. The molecule has 7 heteroatoms. The highest BCUT2D eigenvalue weighted by Gasteiger charge is 2.35. The molecule has 2 aromatic rings. The minimum absolute atomic E-state index is 0.107. The van der Waals surface area contributed by atoms with Gasteiger partial charge >= 0.3 is 12.1 Å². The molecule has 0 unspecified atom stereocenters. The maximum atomic E-state index is 12.0. The zero-order valence-corrected chi connectivity index (χ0v) is 16.7. The summed E-state index contributed by atoms with van der Waals surface area (Å²) in [5, 5.41) is 9.94. The smallest absolute Gasteiger partial charge is 0.410 e. The van der Waals surface area contributed by atoms with Crippen LogP contribution in [0.1, 0.15) is 31.1 Å². The summed E-state index contributed by atoms with van der Waals surface area (Å²) in [6, 6.07) is 12.0. The van der Waals surface area contributed by atoms with E-state index < -0.39 is 11.6 Å². The quantitative estimate of drug-likeness (QED) is 0.800. The lowest BCUT2D eigenvalue weighted by Gasteiger charge is -2.39. The number of carbonyl (C=O) groups is 2. The van der Waals surface area contributed by atoms with Gasteiger partial charge in [0, 0.05) is 10.6 Å². The van der Waals surface area contributed by atoms with Gasteiger partial charge in [0.15, 0.2) is 0 Å². The first-order chi connectivity index (χ1) is 13.1. The van der Waals surface area contributed by atoms with Crippen LogP contribution < -0.4 is 4.74 Å². The lowest BCUT2D eigenvalue weighted by Crippen LogP contribution is -2.57. The maximum Gasteiger partial charge on any atom is 0.410 e. The van der Waals surface area contributed by atoms with E-state index in [-0.39, 0.29) is 17.8 Å². The molecule has 1 aliphatic heterocycles. The number of likely N-dealkylation sites (tertiary alicyclic amines) is 1. The second-order valence-electron chi connectivity index (χ2n) is 7.66. The molecule has 0 aromatic heterocycles. The number of nitrogens with zero attached hydrogens (tertiary/aromatic N) is 1. The molecule has 2 aromatic carbocycles. The number of amides is 1. The van der Waals surface area contributed by atoms with Gasteiger partial charge < -0.3 is 19.5 Å². The van der Waals surface area contributed by atoms with Crippen molar-refractivity contribution in [3.05, 3.63) is 53.1 Å². The molecule has 0 saturated carbocycles. The van der Waals surface area contributed by atoms with Crippen LogP contribution in [0.15, 0.2) is 42.5 Å². The van der Waals surface area contributed by atoms with Gasteiger partial charge in [-0.1, -0.05) is 29.8 Å². The zero-order valence-electron chi connectivity index (χ0n) is 15.9. The molecular formula is C21H22ClNO5. The number of benzene rings is 2. The predicted molar refractivity (Wildman–Crippen MR) is 106 cm³/mol. The highest BCUT2D eigenvalue weighted by molar-refractivity contribution is 6.33. The molecule has 1 amide bonds. The van der Waals surface area contributed by atoms with Crippen LogP contribution in [-0.4, -0.2) is 46.9 Å². The van der Waals surface area contributed by atoms with Gasteiger partial charge in [0.1, 0.15) is 17.5 Å². The van der Waals surface area contributed by atoms with E-state index in [4.69, 9.17) is 21.1 Å². The highest BCUT2D eigenvalue weighted by atomic mass is 35.5. The number of rotatable bonds is 4. The molecule has 1 aliphatic rings. The van der Waals surface area contributed by atoms with Gasteiger partial charge in [0.2, 0.25) is 0 Å². The van der Waals surface area contributed by atoms with Gasteiger partial charge in [0.05, 0.1) is 18.7 Å². The van der Waals surface area contributed by atoms with E-state index in [1.165, 1.54) is 6.07 Å². The highest BCUT2D eigenvalue weighted by Crippen LogP contribution is 2.32. The largest absolute Gasteiger partial charge is 0.487 e. The summed E-state index contributed by atoms with van der Waals surface area (Å²) in [5.41, 5.74) is 0.934. The van der Waals surface area contributed by atoms with Gasteiger partial charge in [-0.25, -0.2) is 9.59 Å².